The van der Waals surface area contributed by atoms with Crippen LogP contribution in [0.15, 0.2) is 6.07 Å². The average Bonchev–Trinajstić information content (AvgIpc) is 2.70. The number of piperidine rings is 1. The number of ether oxygens (including phenoxy) is 1. The van der Waals surface area contributed by atoms with Gasteiger partial charge >= 0.3 is 0 Å². The highest BCUT2D eigenvalue weighted by Gasteiger charge is 2.37. The number of nitrogens with zero attached hydrogens (tertiary/aromatic N) is 4. The van der Waals surface area contributed by atoms with Crippen molar-refractivity contribution in [3.05, 3.63) is 17.5 Å². The van der Waals surface area contributed by atoms with E-state index in [-0.39, 0.29) is 5.91 Å². The molecule has 2 aliphatic heterocycles. The second-order valence-electron chi connectivity index (χ2n) is 6.98. The van der Waals surface area contributed by atoms with Gasteiger partial charge in [0, 0.05) is 50.6 Å². The van der Waals surface area contributed by atoms with E-state index in [0.717, 1.165) is 49.7 Å². The Morgan fingerprint density at radius 3 is 2.71 bits per heavy atom. The van der Waals surface area contributed by atoms with Crippen LogP contribution >= 0.6 is 0 Å². The number of aromatic nitrogens is 2. The van der Waals surface area contributed by atoms with E-state index in [1.54, 1.807) is 7.11 Å². The zero-order valence-electron chi connectivity index (χ0n) is 15.0. The van der Waals surface area contributed by atoms with Crippen LogP contribution in [0.4, 0.5) is 5.95 Å². The van der Waals surface area contributed by atoms with Crippen molar-refractivity contribution in [3.8, 4) is 0 Å². The van der Waals surface area contributed by atoms with Crippen LogP contribution < -0.4 is 4.90 Å². The van der Waals surface area contributed by atoms with Gasteiger partial charge in [0.05, 0.1) is 6.61 Å². The lowest BCUT2D eigenvalue weighted by molar-refractivity contribution is -0.134. The minimum Gasteiger partial charge on any atom is -0.383 e. The van der Waals surface area contributed by atoms with Gasteiger partial charge in [-0.1, -0.05) is 0 Å². The summed E-state index contributed by atoms with van der Waals surface area (Å²) in [4.78, 5) is 26.0. The predicted molar refractivity (Wildman–Crippen MR) is 93.1 cm³/mol. The number of likely N-dealkylation sites (tertiary alicyclic amines) is 1. The summed E-state index contributed by atoms with van der Waals surface area (Å²) in [5.74, 6) is 1.62. The van der Waals surface area contributed by atoms with Gasteiger partial charge in [-0.25, -0.2) is 9.97 Å². The molecule has 1 aromatic heterocycles. The number of methoxy groups -OCH3 is 1. The number of amides is 1. The lowest BCUT2D eigenvalue weighted by Gasteiger charge is -2.42. The number of fused-ring (bicyclic) bond motifs is 1. The van der Waals surface area contributed by atoms with E-state index in [0.29, 0.717) is 31.5 Å². The number of anilines is 1. The first kappa shape index (κ1) is 17.1. The fourth-order valence-electron chi connectivity index (χ4n) is 4.07. The maximum absolute atomic E-state index is 12.4. The molecule has 0 aromatic carbocycles. The van der Waals surface area contributed by atoms with Crippen LogP contribution in [-0.2, 0) is 9.53 Å². The van der Waals surface area contributed by atoms with Gasteiger partial charge in [0.15, 0.2) is 0 Å². The molecule has 0 aliphatic carbocycles. The first-order valence-electron chi connectivity index (χ1n) is 8.94. The molecule has 0 radical (unpaired) electrons. The van der Waals surface area contributed by atoms with E-state index >= 15 is 0 Å². The Balaban J connectivity index is 1.75. The van der Waals surface area contributed by atoms with Crippen molar-refractivity contribution in [3.63, 3.8) is 0 Å². The Morgan fingerprint density at radius 2 is 2.00 bits per heavy atom. The Hall–Kier alpha value is -1.69. The molecule has 2 atom stereocenters. The quantitative estimate of drug-likeness (QED) is 0.843. The van der Waals surface area contributed by atoms with Crippen molar-refractivity contribution in [1.29, 1.82) is 0 Å². The van der Waals surface area contributed by atoms with Crippen molar-refractivity contribution < 1.29 is 9.53 Å². The van der Waals surface area contributed by atoms with Gasteiger partial charge in [-0.3, -0.25) is 4.79 Å². The standard InChI is InChI=1S/C18H28N4O2/c1-13-11-14(2)20-18(19-13)21-8-7-16-15(12-21)5-4-6-17(23)22(16)9-10-24-3/h11,15-16H,4-10,12H2,1-3H3/t15-,16+/m0/s1. The largest absolute Gasteiger partial charge is 0.383 e. The van der Waals surface area contributed by atoms with Crippen molar-refractivity contribution in [2.24, 2.45) is 5.92 Å². The Labute approximate surface area is 144 Å². The summed E-state index contributed by atoms with van der Waals surface area (Å²) in [5.41, 5.74) is 2.02. The molecule has 24 heavy (non-hydrogen) atoms. The number of hydrogen-bond donors (Lipinski definition) is 0. The van der Waals surface area contributed by atoms with Crippen LogP contribution in [0.1, 0.15) is 37.1 Å². The summed E-state index contributed by atoms with van der Waals surface area (Å²) in [6.07, 6.45) is 3.72. The minimum absolute atomic E-state index is 0.288. The Morgan fingerprint density at radius 1 is 1.25 bits per heavy atom. The maximum atomic E-state index is 12.4. The van der Waals surface area contributed by atoms with Crippen LogP contribution in [0.3, 0.4) is 0 Å². The molecule has 1 amide bonds. The third kappa shape index (κ3) is 3.69. The summed E-state index contributed by atoms with van der Waals surface area (Å²) >= 11 is 0. The molecular weight excluding hydrogens is 304 g/mol. The van der Waals surface area contributed by atoms with Crippen LogP contribution in [-0.4, -0.2) is 60.2 Å². The van der Waals surface area contributed by atoms with E-state index in [1.165, 1.54) is 0 Å². The highest BCUT2D eigenvalue weighted by molar-refractivity contribution is 5.77. The van der Waals surface area contributed by atoms with Crippen LogP contribution in [0.5, 0.6) is 0 Å². The number of hydrogen-bond acceptors (Lipinski definition) is 5. The Kier molecular flexibility index (Phi) is 5.33. The zero-order valence-corrected chi connectivity index (χ0v) is 15.0. The summed E-state index contributed by atoms with van der Waals surface area (Å²) in [5, 5.41) is 0. The zero-order chi connectivity index (χ0) is 17.1. The molecule has 1 aromatic rings. The summed E-state index contributed by atoms with van der Waals surface area (Å²) in [7, 11) is 1.69. The fourth-order valence-corrected chi connectivity index (χ4v) is 4.07. The average molecular weight is 332 g/mol. The lowest BCUT2D eigenvalue weighted by Crippen LogP contribution is -2.53. The van der Waals surface area contributed by atoms with Gasteiger partial charge in [-0.15, -0.1) is 0 Å². The molecule has 2 fully saturated rings. The van der Waals surface area contributed by atoms with E-state index in [9.17, 15) is 4.79 Å². The summed E-state index contributed by atoms with van der Waals surface area (Å²) < 4.78 is 5.21. The monoisotopic (exact) mass is 332 g/mol. The molecule has 0 saturated carbocycles. The van der Waals surface area contributed by atoms with Crippen molar-refractivity contribution in [2.45, 2.75) is 45.6 Å². The molecule has 6 nitrogen and oxygen atoms in total. The second-order valence-corrected chi connectivity index (χ2v) is 6.98. The first-order valence-corrected chi connectivity index (χ1v) is 8.94. The smallest absolute Gasteiger partial charge is 0.225 e. The van der Waals surface area contributed by atoms with Crippen molar-refractivity contribution in [1.82, 2.24) is 14.9 Å². The number of carbonyl (C=O) groups is 1. The first-order chi connectivity index (χ1) is 11.6. The van der Waals surface area contributed by atoms with Gasteiger partial charge < -0.3 is 14.5 Å². The topological polar surface area (TPSA) is 58.6 Å². The van der Waals surface area contributed by atoms with E-state index in [1.807, 2.05) is 19.9 Å². The van der Waals surface area contributed by atoms with Gasteiger partial charge in [0.1, 0.15) is 0 Å². The molecular formula is C18H28N4O2. The van der Waals surface area contributed by atoms with Gasteiger partial charge in [0.2, 0.25) is 11.9 Å². The van der Waals surface area contributed by atoms with E-state index < -0.39 is 0 Å². The molecule has 3 heterocycles. The van der Waals surface area contributed by atoms with Crippen molar-refractivity contribution >= 4 is 11.9 Å². The van der Waals surface area contributed by atoms with E-state index in [2.05, 4.69) is 19.8 Å². The Bertz CT molecular complexity index is 572. The molecule has 0 N–H and O–H groups in total. The number of aryl methyl sites for hydroxylation is 2. The molecule has 0 spiro atoms. The highest BCUT2D eigenvalue weighted by atomic mass is 16.5. The van der Waals surface area contributed by atoms with E-state index in [4.69, 9.17) is 4.74 Å². The van der Waals surface area contributed by atoms with Crippen LogP contribution in [0, 0.1) is 19.8 Å². The molecule has 132 valence electrons. The molecule has 2 aliphatic rings. The maximum Gasteiger partial charge on any atom is 0.225 e. The van der Waals surface area contributed by atoms with Gasteiger partial charge in [0.25, 0.3) is 0 Å². The summed E-state index contributed by atoms with van der Waals surface area (Å²) in [6, 6.07) is 2.34. The third-order valence-corrected chi connectivity index (χ3v) is 5.17. The molecule has 0 bridgehead atoms. The second kappa shape index (κ2) is 7.47. The van der Waals surface area contributed by atoms with Crippen molar-refractivity contribution in [2.75, 3.05) is 38.3 Å². The highest BCUT2D eigenvalue weighted by Crippen LogP contribution is 2.31. The molecule has 6 heteroatoms. The third-order valence-electron chi connectivity index (χ3n) is 5.17. The van der Waals surface area contributed by atoms with Crippen LogP contribution in [0.25, 0.3) is 0 Å². The van der Waals surface area contributed by atoms with Gasteiger partial charge in [-0.05, 0) is 45.1 Å². The molecule has 0 unspecified atom stereocenters. The minimum atomic E-state index is 0.288. The SMILES string of the molecule is COCCN1C(=O)CCC[C@H]2CN(c3nc(C)cc(C)n3)CC[C@H]21. The summed E-state index contributed by atoms with van der Waals surface area (Å²) in [6.45, 7) is 7.18. The number of carbonyl (C=O) groups excluding carboxylic acids is 1. The number of rotatable bonds is 4. The van der Waals surface area contributed by atoms with Crippen LogP contribution in [0.2, 0.25) is 0 Å². The molecule has 2 saturated heterocycles. The molecule has 3 rings (SSSR count). The fraction of sp³-hybridized carbons (Fsp3) is 0.722. The predicted octanol–water partition coefficient (Wildman–Crippen LogP) is 1.95. The lowest BCUT2D eigenvalue weighted by atomic mass is 9.88. The van der Waals surface area contributed by atoms with Gasteiger partial charge in [-0.2, -0.15) is 0 Å². The normalized spacial score (nSPS) is 24.7.